The van der Waals surface area contributed by atoms with Crippen LogP contribution in [-0.2, 0) is 10.2 Å². The fourth-order valence-electron chi connectivity index (χ4n) is 1.46. The molecule has 94 valence electrons. The van der Waals surface area contributed by atoms with Crippen molar-refractivity contribution >= 4 is 5.97 Å². The molecule has 0 saturated carbocycles. The van der Waals surface area contributed by atoms with Crippen molar-refractivity contribution in [2.75, 3.05) is 7.11 Å². The van der Waals surface area contributed by atoms with Crippen LogP contribution in [-0.4, -0.2) is 18.2 Å². The zero-order valence-electron chi connectivity index (χ0n) is 9.83. The molecule has 1 aromatic carbocycles. The summed E-state index contributed by atoms with van der Waals surface area (Å²) in [4.78, 5) is 11.1. The maximum atomic E-state index is 12.6. The molecule has 0 saturated heterocycles. The van der Waals surface area contributed by atoms with Crippen molar-refractivity contribution in [2.24, 2.45) is 0 Å². The van der Waals surface area contributed by atoms with E-state index in [0.29, 0.717) is 5.75 Å². The fraction of sp³-hybridized carbons (Fsp3) is 0.417. The molecule has 1 rings (SSSR count). The standard InChI is InChI=1S/C12H14F2O3/c1-12(2,11(15)16)8-6-7(10(13)14)4-5-9(8)17-3/h4-6,10H,1-3H3,(H,15,16). The molecule has 3 nitrogen and oxygen atoms in total. The summed E-state index contributed by atoms with van der Waals surface area (Å²) in [6.45, 7) is 2.89. The van der Waals surface area contributed by atoms with E-state index in [1.807, 2.05) is 0 Å². The molecule has 0 amide bonds. The lowest BCUT2D eigenvalue weighted by Gasteiger charge is -2.23. The number of carboxylic acid groups (broad SMARTS) is 1. The van der Waals surface area contributed by atoms with Gasteiger partial charge in [0.15, 0.2) is 0 Å². The average molecular weight is 244 g/mol. The first-order chi connectivity index (χ1) is 7.80. The highest BCUT2D eigenvalue weighted by atomic mass is 19.3. The van der Waals surface area contributed by atoms with E-state index in [-0.39, 0.29) is 11.1 Å². The molecule has 1 N–H and O–H groups in total. The van der Waals surface area contributed by atoms with Crippen molar-refractivity contribution in [1.82, 2.24) is 0 Å². The molecule has 0 spiro atoms. The molecule has 0 radical (unpaired) electrons. The van der Waals surface area contributed by atoms with Crippen LogP contribution < -0.4 is 4.74 Å². The van der Waals surface area contributed by atoms with Gasteiger partial charge in [-0.2, -0.15) is 0 Å². The first-order valence-electron chi connectivity index (χ1n) is 5.00. The van der Waals surface area contributed by atoms with Crippen molar-refractivity contribution in [3.8, 4) is 5.75 Å². The lowest BCUT2D eigenvalue weighted by Crippen LogP contribution is -2.29. The number of hydrogen-bond donors (Lipinski definition) is 1. The second kappa shape index (κ2) is 4.69. The van der Waals surface area contributed by atoms with E-state index < -0.39 is 17.8 Å². The van der Waals surface area contributed by atoms with Crippen molar-refractivity contribution in [2.45, 2.75) is 25.7 Å². The fourth-order valence-corrected chi connectivity index (χ4v) is 1.46. The Morgan fingerprint density at radius 3 is 2.41 bits per heavy atom. The monoisotopic (exact) mass is 244 g/mol. The van der Waals surface area contributed by atoms with Crippen LogP contribution in [0.4, 0.5) is 8.78 Å². The number of carbonyl (C=O) groups is 1. The van der Waals surface area contributed by atoms with E-state index in [4.69, 9.17) is 9.84 Å². The number of carboxylic acids is 1. The van der Waals surface area contributed by atoms with Gasteiger partial charge in [0, 0.05) is 11.1 Å². The highest BCUT2D eigenvalue weighted by Gasteiger charge is 2.33. The third-order valence-corrected chi connectivity index (χ3v) is 2.68. The van der Waals surface area contributed by atoms with Gasteiger partial charge in [-0.25, -0.2) is 8.78 Å². The highest BCUT2D eigenvalue weighted by Crippen LogP contribution is 2.34. The molecule has 0 unspecified atom stereocenters. The van der Waals surface area contributed by atoms with Crippen molar-refractivity contribution < 1.29 is 23.4 Å². The van der Waals surface area contributed by atoms with E-state index in [9.17, 15) is 13.6 Å². The third-order valence-electron chi connectivity index (χ3n) is 2.68. The van der Waals surface area contributed by atoms with Crippen LogP contribution in [0.5, 0.6) is 5.75 Å². The Morgan fingerprint density at radius 2 is 2.00 bits per heavy atom. The summed E-state index contributed by atoms with van der Waals surface area (Å²) in [6.07, 6.45) is -2.63. The molecule has 0 aliphatic heterocycles. The molecule has 0 fully saturated rings. The van der Waals surface area contributed by atoms with Gasteiger partial charge in [0.05, 0.1) is 12.5 Å². The molecule has 0 aliphatic carbocycles. The molecule has 5 heteroatoms. The number of benzene rings is 1. The molecule has 0 aromatic heterocycles. The Morgan fingerprint density at radius 1 is 1.41 bits per heavy atom. The quantitative estimate of drug-likeness (QED) is 0.885. The van der Waals surface area contributed by atoms with Crippen LogP contribution in [0.3, 0.4) is 0 Å². The van der Waals surface area contributed by atoms with Gasteiger partial charge in [-0.05, 0) is 32.0 Å². The second-order valence-electron chi connectivity index (χ2n) is 4.19. The summed E-state index contributed by atoms with van der Waals surface area (Å²) in [7, 11) is 1.37. The average Bonchev–Trinajstić information content (AvgIpc) is 2.27. The summed E-state index contributed by atoms with van der Waals surface area (Å²) in [5.41, 5.74) is -1.25. The molecular formula is C12H14F2O3. The van der Waals surface area contributed by atoms with Crippen LogP contribution in [0.15, 0.2) is 18.2 Å². The van der Waals surface area contributed by atoms with Crippen LogP contribution in [0.25, 0.3) is 0 Å². The Hall–Kier alpha value is -1.65. The van der Waals surface area contributed by atoms with Gasteiger partial charge in [0.1, 0.15) is 5.75 Å². The number of aliphatic carboxylic acids is 1. The molecule has 17 heavy (non-hydrogen) atoms. The van der Waals surface area contributed by atoms with Crippen LogP contribution >= 0.6 is 0 Å². The molecule has 0 bridgehead atoms. The molecule has 0 aliphatic rings. The number of hydrogen-bond acceptors (Lipinski definition) is 2. The smallest absolute Gasteiger partial charge is 0.313 e. The van der Waals surface area contributed by atoms with Crippen molar-refractivity contribution in [3.63, 3.8) is 0 Å². The predicted octanol–water partition coefficient (Wildman–Crippen LogP) is 3.00. The molecule has 0 atom stereocenters. The normalized spacial score (nSPS) is 11.6. The van der Waals surface area contributed by atoms with Gasteiger partial charge in [-0.15, -0.1) is 0 Å². The Balaban J connectivity index is 3.38. The number of rotatable bonds is 4. The van der Waals surface area contributed by atoms with E-state index in [2.05, 4.69) is 0 Å². The van der Waals surface area contributed by atoms with Crippen molar-refractivity contribution in [3.05, 3.63) is 29.3 Å². The van der Waals surface area contributed by atoms with E-state index in [0.717, 1.165) is 0 Å². The van der Waals surface area contributed by atoms with Gasteiger partial charge in [0.2, 0.25) is 0 Å². The lowest BCUT2D eigenvalue weighted by atomic mass is 9.83. The number of ether oxygens (including phenoxy) is 1. The van der Waals surface area contributed by atoms with Gasteiger partial charge < -0.3 is 9.84 Å². The summed E-state index contributed by atoms with van der Waals surface area (Å²) in [6, 6.07) is 3.77. The van der Waals surface area contributed by atoms with Crippen LogP contribution in [0, 0.1) is 0 Å². The maximum absolute atomic E-state index is 12.6. The first kappa shape index (κ1) is 13.4. The number of halogens is 2. The molecule has 1 aromatic rings. The second-order valence-corrected chi connectivity index (χ2v) is 4.19. The SMILES string of the molecule is COc1ccc(C(F)F)cc1C(C)(C)C(=O)O. The lowest BCUT2D eigenvalue weighted by molar-refractivity contribution is -0.142. The molecule has 0 heterocycles. The largest absolute Gasteiger partial charge is 0.496 e. The van der Waals surface area contributed by atoms with Gasteiger partial charge in [-0.1, -0.05) is 0 Å². The number of methoxy groups -OCH3 is 1. The van der Waals surface area contributed by atoms with E-state index >= 15 is 0 Å². The molecular weight excluding hydrogens is 230 g/mol. The predicted molar refractivity (Wildman–Crippen MR) is 58.6 cm³/mol. The minimum atomic E-state index is -2.63. The van der Waals surface area contributed by atoms with Crippen LogP contribution in [0.2, 0.25) is 0 Å². The Bertz CT molecular complexity index is 428. The zero-order valence-corrected chi connectivity index (χ0v) is 9.83. The Labute approximate surface area is 98.0 Å². The summed E-state index contributed by atoms with van der Waals surface area (Å²) in [5, 5.41) is 9.10. The summed E-state index contributed by atoms with van der Waals surface area (Å²) in [5.74, 6) is -0.802. The highest BCUT2D eigenvalue weighted by molar-refractivity contribution is 5.81. The third kappa shape index (κ3) is 2.54. The first-order valence-corrected chi connectivity index (χ1v) is 5.00. The van der Waals surface area contributed by atoms with Gasteiger partial charge >= 0.3 is 5.97 Å². The zero-order chi connectivity index (χ0) is 13.2. The topological polar surface area (TPSA) is 46.5 Å². The number of alkyl halides is 2. The van der Waals surface area contributed by atoms with Gasteiger partial charge in [0.25, 0.3) is 6.43 Å². The maximum Gasteiger partial charge on any atom is 0.313 e. The minimum absolute atomic E-state index is 0.213. The van der Waals surface area contributed by atoms with E-state index in [1.54, 1.807) is 0 Å². The van der Waals surface area contributed by atoms with E-state index in [1.165, 1.54) is 39.2 Å². The summed E-state index contributed by atoms with van der Waals surface area (Å²) >= 11 is 0. The summed E-state index contributed by atoms with van der Waals surface area (Å²) < 4.78 is 30.2. The van der Waals surface area contributed by atoms with Crippen LogP contribution in [0.1, 0.15) is 31.4 Å². The van der Waals surface area contributed by atoms with Crippen molar-refractivity contribution in [1.29, 1.82) is 0 Å². The Kier molecular flexibility index (Phi) is 3.70. The minimum Gasteiger partial charge on any atom is -0.496 e. The van der Waals surface area contributed by atoms with Gasteiger partial charge in [-0.3, -0.25) is 4.79 Å².